The van der Waals surface area contributed by atoms with E-state index in [2.05, 4.69) is 121 Å². The first-order valence-electron chi connectivity index (χ1n) is 17.4. The average molecular weight is 664 g/mol. The van der Waals surface area contributed by atoms with Crippen LogP contribution in [0.5, 0.6) is 0 Å². The fourth-order valence-electron chi connectivity index (χ4n) is 6.46. The third-order valence-electron chi connectivity index (χ3n) is 8.90. The summed E-state index contributed by atoms with van der Waals surface area (Å²) in [7, 11) is 0. The summed E-state index contributed by atoms with van der Waals surface area (Å²) in [6.45, 7) is 12.1. The zero-order valence-corrected chi connectivity index (χ0v) is 29.6. The third-order valence-corrected chi connectivity index (χ3v) is 8.90. The number of rotatable bonds is 9. The van der Waals surface area contributed by atoms with Gasteiger partial charge in [-0.15, -0.1) is 0 Å². The van der Waals surface area contributed by atoms with E-state index in [1.807, 2.05) is 38.3 Å². The summed E-state index contributed by atoms with van der Waals surface area (Å²) >= 11 is 0. The SMILES string of the molecule is C=C/C=C(\C=N)c1cc(/C(=C/C(=C\C)c2cccc(-c3ccc4c(c3)c3ccccc3c3nccnc43)c2)CC)cc(-c2cccnc2)n1.CC. The van der Waals surface area contributed by atoms with Gasteiger partial charge in [0.1, 0.15) is 0 Å². The Labute approximate surface area is 300 Å². The molecule has 1 N–H and O–H groups in total. The molecule has 0 atom stereocenters. The van der Waals surface area contributed by atoms with Crippen molar-refractivity contribution in [3.8, 4) is 22.4 Å². The van der Waals surface area contributed by atoms with Crippen LogP contribution in [0.1, 0.15) is 50.9 Å². The van der Waals surface area contributed by atoms with Crippen LogP contribution in [0.3, 0.4) is 0 Å². The number of fused-ring (bicyclic) bond motifs is 6. The van der Waals surface area contributed by atoms with Crippen molar-refractivity contribution < 1.29 is 0 Å². The maximum atomic E-state index is 8.04. The van der Waals surface area contributed by atoms with Crippen LogP contribution >= 0.6 is 0 Å². The number of allylic oxidation sites excluding steroid dienone is 7. The second-order valence-corrected chi connectivity index (χ2v) is 11.8. The minimum absolute atomic E-state index is 0.694. The molecule has 4 aromatic carbocycles. The molecule has 0 fully saturated rings. The maximum Gasteiger partial charge on any atom is 0.0971 e. The van der Waals surface area contributed by atoms with E-state index in [0.717, 1.165) is 73.0 Å². The Morgan fingerprint density at radius 2 is 1.43 bits per heavy atom. The van der Waals surface area contributed by atoms with E-state index in [4.69, 9.17) is 15.4 Å². The van der Waals surface area contributed by atoms with E-state index in [1.54, 1.807) is 24.7 Å². The van der Waals surface area contributed by atoms with Gasteiger partial charge < -0.3 is 5.41 Å². The molecule has 51 heavy (non-hydrogen) atoms. The molecule has 5 heteroatoms. The molecule has 7 aromatic rings. The molecule has 7 rings (SSSR count). The van der Waals surface area contributed by atoms with Crippen LogP contribution in [0.25, 0.3) is 71.7 Å². The lowest BCUT2D eigenvalue weighted by atomic mass is 9.92. The van der Waals surface area contributed by atoms with Crippen molar-refractivity contribution >= 4 is 55.5 Å². The molecule has 3 aromatic heterocycles. The quantitative estimate of drug-likeness (QED) is 0.0947. The normalized spacial score (nSPS) is 12.1. The molecule has 0 bridgehead atoms. The summed E-state index contributed by atoms with van der Waals surface area (Å²) in [5, 5.41) is 12.6. The van der Waals surface area contributed by atoms with Gasteiger partial charge in [0.05, 0.1) is 22.4 Å². The van der Waals surface area contributed by atoms with Crippen LogP contribution in [-0.4, -0.2) is 26.2 Å². The van der Waals surface area contributed by atoms with E-state index >= 15 is 0 Å². The van der Waals surface area contributed by atoms with Crippen LogP contribution in [0.2, 0.25) is 0 Å². The zero-order chi connectivity index (χ0) is 35.7. The number of hydrogen-bond donors (Lipinski definition) is 1. The number of pyridine rings is 2. The molecule has 0 unspecified atom stereocenters. The molecule has 3 heterocycles. The average Bonchev–Trinajstić information content (AvgIpc) is 3.21. The van der Waals surface area contributed by atoms with Crippen molar-refractivity contribution in [3.05, 3.63) is 163 Å². The molecule has 0 aliphatic heterocycles. The summed E-state index contributed by atoms with van der Waals surface area (Å²) in [6.07, 6.45) is 17.2. The van der Waals surface area contributed by atoms with E-state index < -0.39 is 0 Å². The first kappa shape index (κ1) is 34.5. The molecule has 250 valence electrons. The highest BCUT2D eigenvalue weighted by molar-refractivity contribution is 6.23. The molecule has 0 radical (unpaired) electrons. The monoisotopic (exact) mass is 663 g/mol. The van der Waals surface area contributed by atoms with E-state index in [1.165, 1.54) is 22.6 Å². The van der Waals surface area contributed by atoms with Crippen molar-refractivity contribution in [1.82, 2.24) is 19.9 Å². The van der Waals surface area contributed by atoms with Gasteiger partial charge in [-0.05, 0) is 93.9 Å². The van der Waals surface area contributed by atoms with Crippen LogP contribution in [0, 0.1) is 5.41 Å². The van der Waals surface area contributed by atoms with Gasteiger partial charge in [0.2, 0.25) is 0 Å². The Kier molecular flexibility index (Phi) is 10.8. The number of nitrogens with zero attached hydrogens (tertiary/aromatic N) is 4. The number of nitrogens with one attached hydrogen (secondary N) is 1. The van der Waals surface area contributed by atoms with Gasteiger partial charge in [0.15, 0.2) is 0 Å². The second kappa shape index (κ2) is 15.9. The molecule has 0 spiro atoms. The number of aromatic nitrogens is 4. The fourth-order valence-corrected chi connectivity index (χ4v) is 6.46. The predicted octanol–water partition coefficient (Wildman–Crippen LogP) is 12.2. The van der Waals surface area contributed by atoms with Crippen LogP contribution in [0.15, 0.2) is 147 Å². The lowest BCUT2D eigenvalue weighted by molar-refractivity contribution is 1.21. The van der Waals surface area contributed by atoms with Crippen molar-refractivity contribution in [2.24, 2.45) is 0 Å². The lowest BCUT2D eigenvalue weighted by Gasteiger charge is -2.14. The van der Waals surface area contributed by atoms with Crippen LogP contribution in [-0.2, 0) is 0 Å². The van der Waals surface area contributed by atoms with Gasteiger partial charge in [-0.1, -0.05) is 106 Å². The van der Waals surface area contributed by atoms with Crippen molar-refractivity contribution in [2.45, 2.75) is 34.1 Å². The second-order valence-electron chi connectivity index (χ2n) is 11.8. The van der Waals surface area contributed by atoms with Gasteiger partial charge in [-0.2, -0.15) is 0 Å². The number of benzene rings is 4. The van der Waals surface area contributed by atoms with Gasteiger partial charge in [-0.3, -0.25) is 15.0 Å². The van der Waals surface area contributed by atoms with Crippen LogP contribution in [0.4, 0.5) is 0 Å². The Morgan fingerprint density at radius 3 is 2.12 bits per heavy atom. The molecular weight excluding hydrogens is 623 g/mol. The summed E-state index contributed by atoms with van der Waals surface area (Å²) in [4.78, 5) is 18.6. The van der Waals surface area contributed by atoms with E-state index in [-0.39, 0.29) is 0 Å². The standard InChI is InChI=1S/C44H35N5.C2H6/c1-4-11-34(27-45)41-25-36(26-42(49-41)35-14-10-19-46-28-35)30(6-3)22-29(5-2)31-12-9-13-32(23-31)33-17-18-39-40(24-33)37-15-7-8-16-38(37)43-44(39)48-21-20-47-43;1-2/h4-5,7-28,45H,1,6H2,2-3H3;1-2H3/b29-5+,30-22+,34-11+,45-27?;. The molecule has 0 saturated heterocycles. The topological polar surface area (TPSA) is 75.4 Å². The van der Waals surface area contributed by atoms with Crippen LogP contribution < -0.4 is 0 Å². The fraction of sp³-hybridized carbons (Fsp3) is 0.109. The Morgan fingerprint density at radius 1 is 0.706 bits per heavy atom. The molecular formula is C46H41N5. The number of hydrogen-bond acceptors (Lipinski definition) is 5. The smallest absolute Gasteiger partial charge is 0.0971 e. The van der Waals surface area contributed by atoms with Gasteiger partial charge in [-0.25, -0.2) is 4.98 Å². The van der Waals surface area contributed by atoms with Crippen molar-refractivity contribution in [1.29, 1.82) is 5.41 Å². The zero-order valence-electron chi connectivity index (χ0n) is 29.6. The first-order chi connectivity index (χ1) is 25.1. The maximum absolute atomic E-state index is 8.04. The van der Waals surface area contributed by atoms with Gasteiger partial charge in [0, 0.05) is 52.9 Å². The molecule has 0 amide bonds. The van der Waals surface area contributed by atoms with Gasteiger partial charge in [0.25, 0.3) is 0 Å². The largest absolute Gasteiger partial charge is 0.308 e. The predicted molar refractivity (Wildman–Crippen MR) is 218 cm³/mol. The molecule has 0 saturated carbocycles. The Hall–Kier alpha value is -6.33. The Bertz CT molecular complexity index is 2440. The molecule has 0 aliphatic carbocycles. The highest BCUT2D eigenvalue weighted by Crippen LogP contribution is 2.36. The molecule has 5 nitrogen and oxygen atoms in total. The highest BCUT2D eigenvalue weighted by atomic mass is 14.8. The van der Waals surface area contributed by atoms with E-state index in [9.17, 15) is 0 Å². The lowest BCUT2D eigenvalue weighted by Crippen LogP contribution is -1.97. The summed E-state index contributed by atoms with van der Waals surface area (Å²) in [5.74, 6) is 0. The summed E-state index contributed by atoms with van der Waals surface area (Å²) in [6, 6.07) is 31.9. The molecule has 0 aliphatic rings. The van der Waals surface area contributed by atoms with E-state index in [0.29, 0.717) is 5.57 Å². The van der Waals surface area contributed by atoms with Crippen molar-refractivity contribution in [2.75, 3.05) is 0 Å². The summed E-state index contributed by atoms with van der Waals surface area (Å²) in [5.41, 5.74) is 11.8. The van der Waals surface area contributed by atoms with Gasteiger partial charge >= 0.3 is 0 Å². The highest BCUT2D eigenvalue weighted by Gasteiger charge is 2.14. The van der Waals surface area contributed by atoms with Crippen molar-refractivity contribution in [3.63, 3.8) is 0 Å². The minimum Gasteiger partial charge on any atom is -0.308 e. The summed E-state index contributed by atoms with van der Waals surface area (Å²) < 4.78 is 0. The Balaban J connectivity index is 0.00000220. The minimum atomic E-state index is 0.694. The first-order valence-corrected chi connectivity index (χ1v) is 17.4. The third kappa shape index (κ3) is 7.06.